The van der Waals surface area contributed by atoms with Crippen LogP contribution in [0, 0.1) is 0 Å². The van der Waals surface area contributed by atoms with Gasteiger partial charge in [0.15, 0.2) is 0 Å². The number of rotatable bonds is 4. The topological polar surface area (TPSA) is 75.4 Å². The average molecular weight is 303 g/mol. The molecule has 1 aromatic heterocycles. The summed E-state index contributed by atoms with van der Waals surface area (Å²) in [5, 5.41) is 19.2. The number of fused-ring (bicyclic) bond motifs is 1. The van der Waals surface area contributed by atoms with Gasteiger partial charge in [0.25, 0.3) is 0 Å². The number of hydrogen-bond donors (Lipinski definition) is 2. The fourth-order valence-electron chi connectivity index (χ4n) is 1.90. The predicted octanol–water partition coefficient (Wildman–Crippen LogP) is 2.87. The molecule has 0 fully saturated rings. The van der Waals surface area contributed by atoms with Gasteiger partial charge >= 0.3 is 5.97 Å². The highest BCUT2D eigenvalue weighted by molar-refractivity contribution is 6.42. The van der Waals surface area contributed by atoms with E-state index in [-0.39, 0.29) is 13.0 Å². The molecule has 0 amide bonds. The van der Waals surface area contributed by atoms with Gasteiger partial charge in [-0.1, -0.05) is 23.2 Å². The van der Waals surface area contributed by atoms with Gasteiger partial charge in [-0.15, -0.1) is 0 Å². The van der Waals surface area contributed by atoms with Gasteiger partial charge in [-0.3, -0.25) is 4.79 Å². The molecule has 102 valence electrons. The maximum Gasteiger partial charge on any atom is 0.305 e. The fraction of sp³-hybridized carbons (Fsp3) is 0.333. The van der Waals surface area contributed by atoms with Crippen LogP contribution in [0.2, 0.25) is 10.0 Å². The van der Waals surface area contributed by atoms with Crippen LogP contribution in [-0.4, -0.2) is 25.7 Å². The number of carbonyl (C=O) groups is 1. The Kier molecular flexibility index (Phi) is 3.99. The molecule has 1 atom stereocenters. The molecule has 0 saturated carbocycles. The molecule has 2 N–H and O–H groups in total. The van der Waals surface area contributed by atoms with E-state index >= 15 is 0 Å². The predicted molar refractivity (Wildman–Crippen MR) is 72.6 cm³/mol. The number of aliphatic hydroxyl groups excluding tert-OH is 1. The van der Waals surface area contributed by atoms with E-state index in [1.807, 2.05) is 0 Å². The molecule has 1 heterocycles. The second-order valence-electron chi connectivity index (χ2n) is 4.20. The minimum atomic E-state index is -0.918. The molecule has 2 aromatic rings. The maximum atomic E-state index is 10.7. The van der Waals surface area contributed by atoms with E-state index in [2.05, 4.69) is 4.98 Å². The van der Waals surface area contributed by atoms with E-state index in [0.29, 0.717) is 26.9 Å². The van der Waals surface area contributed by atoms with Crippen LogP contribution in [-0.2, 0) is 11.3 Å². The van der Waals surface area contributed by atoms with Gasteiger partial charge < -0.3 is 14.8 Å². The molecule has 0 radical (unpaired) electrons. The maximum absolute atomic E-state index is 10.7. The van der Waals surface area contributed by atoms with Crippen molar-refractivity contribution in [2.45, 2.75) is 26.0 Å². The second-order valence-corrected chi connectivity index (χ2v) is 5.01. The van der Waals surface area contributed by atoms with Crippen molar-refractivity contribution >= 4 is 40.2 Å². The summed E-state index contributed by atoms with van der Waals surface area (Å²) in [4.78, 5) is 15.0. The number of aliphatic hydroxyl groups is 1. The molecule has 1 aromatic carbocycles. The lowest BCUT2D eigenvalue weighted by Gasteiger charge is -2.09. The van der Waals surface area contributed by atoms with Crippen LogP contribution < -0.4 is 0 Å². The molecular weight excluding hydrogens is 291 g/mol. The van der Waals surface area contributed by atoms with Crippen LogP contribution in [0.1, 0.15) is 25.3 Å². The van der Waals surface area contributed by atoms with E-state index in [1.165, 1.54) is 0 Å². The molecule has 19 heavy (non-hydrogen) atoms. The van der Waals surface area contributed by atoms with Crippen LogP contribution in [0.3, 0.4) is 0 Å². The summed E-state index contributed by atoms with van der Waals surface area (Å²) in [5.41, 5.74) is 1.24. The largest absolute Gasteiger partial charge is 0.481 e. The number of aryl methyl sites for hydroxylation is 1. The van der Waals surface area contributed by atoms with E-state index < -0.39 is 12.1 Å². The first-order valence-electron chi connectivity index (χ1n) is 5.65. The van der Waals surface area contributed by atoms with Crippen molar-refractivity contribution in [3.05, 3.63) is 28.0 Å². The zero-order chi connectivity index (χ0) is 14.2. The molecular formula is C12H12Cl2N2O3. The Labute approximate surface area is 119 Å². The summed E-state index contributed by atoms with van der Waals surface area (Å²) in [6, 6.07) is 3.22. The summed E-state index contributed by atoms with van der Waals surface area (Å²) >= 11 is 11.9. The molecule has 0 aliphatic carbocycles. The summed E-state index contributed by atoms with van der Waals surface area (Å²) in [5.74, 6) is -0.520. The Hall–Kier alpha value is -1.30. The number of benzene rings is 1. The number of hydrogen-bond acceptors (Lipinski definition) is 3. The summed E-state index contributed by atoms with van der Waals surface area (Å²) in [6.45, 7) is 1.78. The third-order valence-corrected chi connectivity index (χ3v) is 3.46. The van der Waals surface area contributed by atoms with Gasteiger partial charge in [0.05, 0.1) is 27.5 Å². The Bertz CT molecular complexity index is 637. The van der Waals surface area contributed by atoms with Gasteiger partial charge in [-0.05, 0) is 19.1 Å². The van der Waals surface area contributed by atoms with Crippen LogP contribution in [0.4, 0.5) is 0 Å². The van der Waals surface area contributed by atoms with Crippen molar-refractivity contribution < 1.29 is 15.0 Å². The normalized spacial score (nSPS) is 12.8. The van der Waals surface area contributed by atoms with Crippen molar-refractivity contribution in [2.75, 3.05) is 0 Å². The number of aliphatic carboxylic acids is 1. The minimum Gasteiger partial charge on any atom is -0.481 e. The molecule has 2 rings (SSSR count). The van der Waals surface area contributed by atoms with Gasteiger partial charge in [0.2, 0.25) is 0 Å². The zero-order valence-electron chi connectivity index (χ0n) is 10.1. The van der Waals surface area contributed by atoms with Gasteiger partial charge in [-0.25, -0.2) is 4.98 Å². The summed E-state index contributed by atoms with van der Waals surface area (Å²) in [7, 11) is 0. The smallest absolute Gasteiger partial charge is 0.305 e. The fourth-order valence-corrected chi connectivity index (χ4v) is 2.22. The number of imidazole rings is 1. The molecule has 0 saturated heterocycles. The third-order valence-electron chi connectivity index (χ3n) is 2.74. The zero-order valence-corrected chi connectivity index (χ0v) is 11.6. The summed E-state index contributed by atoms with van der Waals surface area (Å²) in [6.07, 6.45) is -0.871. The first-order chi connectivity index (χ1) is 8.90. The molecule has 0 bridgehead atoms. The highest BCUT2D eigenvalue weighted by Crippen LogP contribution is 2.29. The Morgan fingerprint density at radius 2 is 2.05 bits per heavy atom. The molecule has 0 unspecified atom stereocenters. The highest BCUT2D eigenvalue weighted by atomic mass is 35.5. The van der Waals surface area contributed by atoms with Crippen molar-refractivity contribution in [3.63, 3.8) is 0 Å². The van der Waals surface area contributed by atoms with Crippen molar-refractivity contribution in [2.24, 2.45) is 0 Å². The third kappa shape index (κ3) is 2.83. The Morgan fingerprint density at radius 3 is 2.63 bits per heavy atom. The van der Waals surface area contributed by atoms with Crippen LogP contribution in [0.25, 0.3) is 11.0 Å². The van der Waals surface area contributed by atoms with E-state index in [1.54, 1.807) is 23.6 Å². The SMILES string of the molecule is C[C@H](O)c1nc2cc(Cl)c(Cl)cc2n1CCC(=O)O. The van der Waals surface area contributed by atoms with E-state index in [4.69, 9.17) is 28.3 Å². The first-order valence-corrected chi connectivity index (χ1v) is 6.40. The van der Waals surface area contributed by atoms with Gasteiger partial charge in [0, 0.05) is 6.54 Å². The molecule has 5 nitrogen and oxygen atoms in total. The van der Waals surface area contributed by atoms with E-state index in [0.717, 1.165) is 0 Å². The Morgan fingerprint density at radius 1 is 1.42 bits per heavy atom. The van der Waals surface area contributed by atoms with Gasteiger partial charge in [0.1, 0.15) is 11.9 Å². The van der Waals surface area contributed by atoms with Crippen LogP contribution in [0.15, 0.2) is 12.1 Å². The quantitative estimate of drug-likeness (QED) is 0.910. The Balaban J connectivity index is 2.58. The number of carboxylic acids is 1. The highest BCUT2D eigenvalue weighted by Gasteiger charge is 2.16. The molecule has 7 heteroatoms. The second kappa shape index (κ2) is 5.36. The summed E-state index contributed by atoms with van der Waals surface area (Å²) < 4.78 is 1.65. The van der Waals surface area contributed by atoms with Crippen molar-refractivity contribution in [1.82, 2.24) is 9.55 Å². The molecule has 0 aliphatic heterocycles. The standard InChI is InChI=1S/C12H12Cl2N2O3/c1-6(17)12-15-9-4-7(13)8(14)5-10(9)16(12)3-2-11(18)19/h4-6,17H,2-3H2,1H3,(H,18,19)/t6-/m0/s1. The van der Waals surface area contributed by atoms with E-state index in [9.17, 15) is 9.90 Å². The number of nitrogens with zero attached hydrogens (tertiary/aromatic N) is 2. The minimum absolute atomic E-state index is 0.0641. The number of halogens is 2. The molecule has 0 aliphatic rings. The van der Waals surface area contributed by atoms with Crippen LogP contribution in [0.5, 0.6) is 0 Å². The first kappa shape index (κ1) is 14.1. The van der Waals surface area contributed by atoms with Gasteiger partial charge in [-0.2, -0.15) is 0 Å². The van der Waals surface area contributed by atoms with Crippen molar-refractivity contribution in [3.8, 4) is 0 Å². The number of aromatic nitrogens is 2. The lowest BCUT2D eigenvalue weighted by atomic mass is 10.3. The average Bonchev–Trinajstić information content (AvgIpc) is 2.65. The lowest BCUT2D eigenvalue weighted by Crippen LogP contribution is -2.10. The lowest BCUT2D eigenvalue weighted by molar-refractivity contribution is -0.137. The monoisotopic (exact) mass is 302 g/mol. The molecule has 0 spiro atoms. The van der Waals surface area contributed by atoms with Crippen molar-refractivity contribution in [1.29, 1.82) is 0 Å². The van der Waals surface area contributed by atoms with Crippen LogP contribution >= 0.6 is 23.2 Å². The number of carboxylic acid groups (broad SMARTS) is 1.